The molecule has 3 N–H and O–H groups in total. The molecule has 0 aromatic carbocycles. The Kier molecular flexibility index (Phi) is 3.70. The van der Waals surface area contributed by atoms with Crippen molar-refractivity contribution in [3.05, 3.63) is 24.4 Å². The van der Waals surface area contributed by atoms with Crippen LogP contribution in [0.25, 0.3) is 0 Å². The van der Waals surface area contributed by atoms with Crippen molar-refractivity contribution in [2.75, 3.05) is 16.8 Å². The van der Waals surface area contributed by atoms with Crippen LogP contribution >= 0.6 is 12.2 Å². The number of hydrogen-bond acceptors (Lipinski definition) is 3. The van der Waals surface area contributed by atoms with Crippen LogP contribution in [0.3, 0.4) is 0 Å². The van der Waals surface area contributed by atoms with Crippen LogP contribution in [0.2, 0.25) is 0 Å². The molecule has 2 rings (SSSR count). The Hall–Kier alpha value is -1.05. The quantitative estimate of drug-likeness (QED) is 0.553. The van der Waals surface area contributed by atoms with Gasteiger partial charge in [-0.25, -0.2) is 4.98 Å². The Bertz CT molecular complexity index is 452. The van der Waals surface area contributed by atoms with Crippen LogP contribution in [0.15, 0.2) is 24.4 Å². The molecule has 0 amide bonds. The van der Waals surface area contributed by atoms with Crippen LogP contribution < -0.4 is 10.6 Å². The second-order valence-corrected chi connectivity index (χ2v) is 6.64. The minimum Gasteiger partial charge on any atom is -0.355 e. The van der Waals surface area contributed by atoms with Gasteiger partial charge in [0.15, 0.2) is 10.9 Å². The maximum absolute atomic E-state index is 11.4. The number of aromatic nitrogens is 1. The van der Waals surface area contributed by atoms with E-state index in [4.69, 9.17) is 12.2 Å². The standard InChI is InChI=1S/C10H13N3O2S2/c14-17(15)6-4-8(7-17)12-10(16)13-9-3-1-2-5-11-9/h1-3,5,8H,4,6-7H2,(H2-,11,12,13,14,15,16)/p+1/t8-/m0/s1. The van der Waals surface area contributed by atoms with Gasteiger partial charge in [-0.1, -0.05) is 10.3 Å². The van der Waals surface area contributed by atoms with Crippen molar-refractivity contribution < 1.29 is 8.76 Å². The molecule has 7 heteroatoms. The zero-order valence-corrected chi connectivity index (χ0v) is 10.8. The Morgan fingerprint density at radius 3 is 3.00 bits per heavy atom. The van der Waals surface area contributed by atoms with E-state index in [1.165, 1.54) is 0 Å². The molecule has 2 heterocycles. The molecule has 0 spiro atoms. The largest absolute Gasteiger partial charge is 0.355 e. The minimum atomic E-state index is -2.63. The summed E-state index contributed by atoms with van der Waals surface area (Å²) in [6, 6.07) is 5.45. The Morgan fingerprint density at radius 1 is 1.59 bits per heavy atom. The first-order valence-electron chi connectivity index (χ1n) is 5.26. The molecule has 0 bridgehead atoms. The smallest absolute Gasteiger partial charge is 0.216 e. The number of pyridine rings is 1. The van der Waals surface area contributed by atoms with Gasteiger partial charge >= 0.3 is 0 Å². The third-order valence-corrected chi connectivity index (χ3v) is 4.51. The fourth-order valence-electron chi connectivity index (χ4n) is 1.70. The zero-order chi connectivity index (χ0) is 12.3. The maximum atomic E-state index is 11.4. The monoisotopic (exact) mass is 272 g/mol. The molecule has 1 aromatic heterocycles. The third kappa shape index (κ3) is 3.72. The minimum absolute atomic E-state index is 0.0313. The molecule has 0 aliphatic carbocycles. The summed E-state index contributed by atoms with van der Waals surface area (Å²) in [5, 5.41) is 6.39. The second-order valence-electron chi connectivity index (χ2n) is 3.94. The fourth-order valence-corrected chi connectivity index (χ4v) is 3.67. The van der Waals surface area contributed by atoms with E-state index in [0.29, 0.717) is 23.1 Å². The number of anilines is 1. The first-order valence-corrected chi connectivity index (χ1v) is 7.52. The predicted molar refractivity (Wildman–Crippen MR) is 72.4 cm³/mol. The van der Waals surface area contributed by atoms with Gasteiger partial charge in [-0.05, 0) is 24.4 Å². The SMILES string of the molecule is O=[S+]1(O)CC[C@H](NC(=S)Nc2ccccn2)C1. The first kappa shape index (κ1) is 12.4. The molecule has 1 fully saturated rings. The molecular formula is C10H14N3O2S2+. The summed E-state index contributed by atoms with van der Waals surface area (Å²) in [4.78, 5) is 4.08. The van der Waals surface area contributed by atoms with Crippen molar-refractivity contribution >= 4 is 33.4 Å². The molecule has 0 saturated carbocycles. The van der Waals surface area contributed by atoms with Gasteiger partial charge in [-0.3, -0.25) is 0 Å². The lowest BCUT2D eigenvalue weighted by Gasteiger charge is -2.12. The highest BCUT2D eigenvalue weighted by Gasteiger charge is 2.38. The molecular weight excluding hydrogens is 258 g/mol. The van der Waals surface area contributed by atoms with Crippen LogP contribution in [-0.4, -0.2) is 32.2 Å². The Balaban J connectivity index is 1.85. The molecule has 5 nitrogen and oxygen atoms in total. The molecule has 1 saturated heterocycles. The maximum Gasteiger partial charge on any atom is 0.216 e. The summed E-state index contributed by atoms with van der Waals surface area (Å²) in [5.74, 6) is 1.26. The summed E-state index contributed by atoms with van der Waals surface area (Å²) in [7, 11) is -2.63. The molecule has 1 aliphatic rings. The molecule has 92 valence electrons. The van der Waals surface area contributed by atoms with Gasteiger partial charge in [0, 0.05) is 12.6 Å². The van der Waals surface area contributed by atoms with Crippen LogP contribution in [0, 0.1) is 0 Å². The number of thiocarbonyl (C=S) groups is 1. The summed E-state index contributed by atoms with van der Waals surface area (Å²) in [5.41, 5.74) is 0. The van der Waals surface area contributed by atoms with Crippen molar-refractivity contribution in [3.8, 4) is 0 Å². The van der Waals surface area contributed by atoms with E-state index in [9.17, 15) is 8.76 Å². The molecule has 17 heavy (non-hydrogen) atoms. The average Bonchev–Trinajstić information content (AvgIpc) is 2.59. The lowest BCUT2D eigenvalue weighted by molar-refractivity contribution is 0.502. The van der Waals surface area contributed by atoms with Gasteiger partial charge in [0.2, 0.25) is 10.2 Å². The van der Waals surface area contributed by atoms with Gasteiger partial charge in [-0.15, -0.1) is 0 Å². The van der Waals surface area contributed by atoms with Crippen molar-refractivity contribution in [3.63, 3.8) is 0 Å². The summed E-state index contributed by atoms with van der Waals surface area (Å²) < 4.78 is 20.8. The van der Waals surface area contributed by atoms with E-state index in [1.807, 2.05) is 12.1 Å². The fraction of sp³-hybridized carbons (Fsp3) is 0.400. The van der Waals surface area contributed by atoms with Crippen LogP contribution in [0.5, 0.6) is 0 Å². The van der Waals surface area contributed by atoms with Crippen molar-refractivity contribution in [2.24, 2.45) is 0 Å². The highest BCUT2D eigenvalue weighted by molar-refractivity contribution is 7.98. The number of nitrogens with zero attached hydrogens (tertiary/aromatic N) is 1. The number of nitrogens with one attached hydrogen (secondary N) is 2. The van der Waals surface area contributed by atoms with Crippen molar-refractivity contribution in [2.45, 2.75) is 12.5 Å². The highest BCUT2D eigenvalue weighted by Crippen LogP contribution is 2.16. The van der Waals surface area contributed by atoms with E-state index >= 15 is 0 Å². The van der Waals surface area contributed by atoms with Crippen LogP contribution in [-0.2, 0) is 14.4 Å². The first-order chi connectivity index (χ1) is 8.05. The summed E-state index contributed by atoms with van der Waals surface area (Å²) in [6.45, 7) is 0. The lowest BCUT2D eigenvalue weighted by atomic mass is 10.3. The number of hydrogen-bond donors (Lipinski definition) is 3. The molecule has 0 radical (unpaired) electrons. The molecule has 1 unspecified atom stereocenters. The van der Waals surface area contributed by atoms with E-state index < -0.39 is 10.2 Å². The molecule has 2 atom stereocenters. The second kappa shape index (κ2) is 5.07. The van der Waals surface area contributed by atoms with E-state index in [0.717, 1.165) is 0 Å². The van der Waals surface area contributed by atoms with E-state index in [-0.39, 0.29) is 11.8 Å². The zero-order valence-electron chi connectivity index (χ0n) is 9.13. The predicted octanol–water partition coefficient (Wildman–Crippen LogP) is 1.11. The molecule has 1 aromatic rings. The van der Waals surface area contributed by atoms with Gasteiger partial charge in [0.1, 0.15) is 11.6 Å². The van der Waals surface area contributed by atoms with Crippen molar-refractivity contribution in [1.82, 2.24) is 10.3 Å². The van der Waals surface area contributed by atoms with Gasteiger partial charge in [-0.2, -0.15) is 4.55 Å². The Morgan fingerprint density at radius 2 is 2.41 bits per heavy atom. The van der Waals surface area contributed by atoms with E-state index in [2.05, 4.69) is 15.6 Å². The van der Waals surface area contributed by atoms with Crippen LogP contribution in [0.1, 0.15) is 6.42 Å². The number of rotatable bonds is 2. The summed E-state index contributed by atoms with van der Waals surface area (Å²) in [6.07, 6.45) is 2.33. The molecule has 1 aliphatic heterocycles. The Labute approximate surface area is 106 Å². The lowest BCUT2D eigenvalue weighted by Crippen LogP contribution is -2.39. The third-order valence-electron chi connectivity index (χ3n) is 2.49. The highest BCUT2D eigenvalue weighted by atomic mass is 32.3. The van der Waals surface area contributed by atoms with E-state index in [1.54, 1.807) is 12.3 Å². The average molecular weight is 272 g/mol. The summed E-state index contributed by atoms with van der Waals surface area (Å²) >= 11 is 5.11. The van der Waals surface area contributed by atoms with Gasteiger partial charge in [0.25, 0.3) is 0 Å². The van der Waals surface area contributed by atoms with Crippen molar-refractivity contribution in [1.29, 1.82) is 0 Å². The normalized spacial score (nSPS) is 27.7. The van der Waals surface area contributed by atoms with Gasteiger partial charge in [0.05, 0.1) is 6.04 Å². The van der Waals surface area contributed by atoms with Gasteiger partial charge < -0.3 is 10.6 Å². The topological polar surface area (TPSA) is 74.2 Å². The van der Waals surface area contributed by atoms with Crippen LogP contribution in [0.4, 0.5) is 5.82 Å².